The van der Waals surface area contributed by atoms with Crippen molar-refractivity contribution in [1.82, 2.24) is 5.32 Å². The summed E-state index contributed by atoms with van der Waals surface area (Å²) in [6.45, 7) is 2.28. The van der Waals surface area contributed by atoms with Gasteiger partial charge in [-0.1, -0.05) is 32.3 Å². The first-order valence-electron chi connectivity index (χ1n) is 7.49. The molecule has 2 atom stereocenters. The molecule has 0 radical (unpaired) electrons. The summed E-state index contributed by atoms with van der Waals surface area (Å²) >= 11 is 0. The maximum atomic E-state index is 13.0. The molecule has 1 aliphatic rings. The monoisotopic (exact) mass is 303 g/mol. The van der Waals surface area contributed by atoms with Gasteiger partial charge in [-0.2, -0.15) is 13.2 Å². The highest BCUT2D eigenvalue weighted by Crippen LogP contribution is 2.33. The van der Waals surface area contributed by atoms with Gasteiger partial charge in [-0.05, 0) is 36.5 Å². The van der Waals surface area contributed by atoms with Gasteiger partial charge >= 0.3 is 6.18 Å². The van der Waals surface area contributed by atoms with Crippen LogP contribution in [-0.4, -0.2) is 6.04 Å². The summed E-state index contributed by atoms with van der Waals surface area (Å²) in [5.74, 6) is -0.193. The van der Waals surface area contributed by atoms with Gasteiger partial charge in [0.2, 0.25) is 0 Å². The van der Waals surface area contributed by atoms with Gasteiger partial charge in [0.25, 0.3) is 0 Å². The minimum absolute atomic E-state index is 0.113. The van der Waals surface area contributed by atoms with Crippen LogP contribution in [0.5, 0.6) is 0 Å². The Kier molecular flexibility index (Phi) is 5.25. The Morgan fingerprint density at radius 1 is 1.24 bits per heavy atom. The van der Waals surface area contributed by atoms with E-state index in [1.165, 1.54) is 12.5 Å². The predicted octanol–water partition coefficient (Wildman–Crippen LogP) is 4.90. The van der Waals surface area contributed by atoms with Gasteiger partial charge in [0, 0.05) is 12.6 Å². The van der Waals surface area contributed by atoms with Gasteiger partial charge in [0.15, 0.2) is 0 Å². The van der Waals surface area contributed by atoms with Gasteiger partial charge in [-0.15, -0.1) is 0 Å². The molecule has 0 amide bonds. The molecule has 1 N–H and O–H groups in total. The zero-order valence-electron chi connectivity index (χ0n) is 12.1. The highest BCUT2D eigenvalue weighted by Gasteiger charge is 2.33. The van der Waals surface area contributed by atoms with Gasteiger partial charge in [0.05, 0.1) is 5.56 Å². The largest absolute Gasteiger partial charge is 0.416 e. The molecule has 0 bridgehead atoms. The fourth-order valence-electron chi connectivity index (χ4n) is 3.07. The van der Waals surface area contributed by atoms with Crippen molar-refractivity contribution in [1.29, 1.82) is 0 Å². The SMILES string of the molecule is CCC1CCCC(NCc2ccc(F)cc2C(F)(F)F)C1. The first-order chi connectivity index (χ1) is 9.90. The average molecular weight is 303 g/mol. The van der Waals surface area contributed by atoms with Gasteiger partial charge < -0.3 is 5.32 Å². The number of hydrogen-bond acceptors (Lipinski definition) is 1. The molecule has 1 aromatic carbocycles. The van der Waals surface area contributed by atoms with Crippen LogP contribution in [0.2, 0.25) is 0 Å². The molecule has 1 saturated carbocycles. The van der Waals surface area contributed by atoms with Crippen LogP contribution in [0, 0.1) is 11.7 Å². The number of benzene rings is 1. The number of hydrogen-bond donors (Lipinski definition) is 1. The van der Waals surface area contributed by atoms with E-state index in [0.29, 0.717) is 12.0 Å². The quantitative estimate of drug-likeness (QED) is 0.780. The maximum Gasteiger partial charge on any atom is 0.416 e. The van der Waals surface area contributed by atoms with Gasteiger partial charge in [-0.3, -0.25) is 0 Å². The second-order valence-electron chi connectivity index (χ2n) is 5.82. The second kappa shape index (κ2) is 6.77. The van der Waals surface area contributed by atoms with Crippen molar-refractivity contribution >= 4 is 0 Å². The fourth-order valence-corrected chi connectivity index (χ4v) is 3.07. The van der Waals surface area contributed by atoms with E-state index in [2.05, 4.69) is 12.2 Å². The first-order valence-corrected chi connectivity index (χ1v) is 7.49. The summed E-state index contributed by atoms with van der Waals surface area (Å²) in [5.41, 5.74) is -0.764. The molecule has 0 heterocycles. The standard InChI is InChI=1S/C16H21F4N/c1-2-11-4-3-5-14(8-11)21-10-12-6-7-13(17)9-15(12)16(18,19)20/h6-7,9,11,14,21H,2-5,8,10H2,1H3. The van der Waals surface area contributed by atoms with Crippen LogP contribution in [0.3, 0.4) is 0 Å². The molecule has 0 aliphatic heterocycles. The third-order valence-corrected chi connectivity index (χ3v) is 4.32. The first kappa shape index (κ1) is 16.3. The molecule has 2 rings (SSSR count). The van der Waals surface area contributed by atoms with E-state index in [4.69, 9.17) is 0 Å². The van der Waals surface area contributed by atoms with E-state index >= 15 is 0 Å². The molecule has 1 aliphatic carbocycles. The van der Waals surface area contributed by atoms with Crippen molar-refractivity contribution in [2.24, 2.45) is 5.92 Å². The predicted molar refractivity (Wildman–Crippen MR) is 74.3 cm³/mol. The fraction of sp³-hybridized carbons (Fsp3) is 0.625. The zero-order valence-corrected chi connectivity index (χ0v) is 12.1. The molecule has 1 fully saturated rings. The summed E-state index contributed by atoms with van der Waals surface area (Å²) < 4.78 is 51.8. The minimum Gasteiger partial charge on any atom is -0.310 e. The van der Waals surface area contributed by atoms with Crippen molar-refractivity contribution in [3.05, 3.63) is 35.1 Å². The Hall–Kier alpha value is -1.10. The zero-order chi connectivity index (χ0) is 15.5. The van der Waals surface area contributed by atoms with E-state index < -0.39 is 17.6 Å². The van der Waals surface area contributed by atoms with Crippen molar-refractivity contribution in [2.75, 3.05) is 0 Å². The lowest BCUT2D eigenvalue weighted by atomic mass is 9.84. The molecule has 5 heteroatoms. The summed E-state index contributed by atoms with van der Waals surface area (Å²) in [6.07, 6.45) is 0.934. The smallest absolute Gasteiger partial charge is 0.310 e. The van der Waals surface area contributed by atoms with Crippen LogP contribution in [0.25, 0.3) is 0 Å². The number of halogens is 4. The van der Waals surface area contributed by atoms with Gasteiger partial charge in [-0.25, -0.2) is 4.39 Å². The Balaban J connectivity index is 2.03. The Morgan fingerprint density at radius 3 is 2.67 bits per heavy atom. The topological polar surface area (TPSA) is 12.0 Å². The lowest BCUT2D eigenvalue weighted by molar-refractivity contribution is -0.138. The molecule has 1 aromatic rings. The second-order valence-corrected chi connectivity index (χ2v) is 5.82. The number of nitrogens with one attached hydrogen (secondary N) is 1. The third-order valence-electron chi connectivity index (χ3n) is 4.32. The van der Waals surface area contributed by atoms with Crippen molar-refractivity contribution in [2.45, 2.75) is 57.8 Å². The van der Waals surface area contributed by atoms with E-state index in [1.54, 1.807) is 0 Å². The van der Waals surface area contributed by atoms with Crippen molar-refractivity contribution in [3.8, 4) is 0 Å². The Labute approximate surface area is 122 Å². The van der Waals surface area contributed by atoms with Crippen LogP contribution >= 0.6 is 0 Å². The number of rotatable bonds is 4. The molecule has 0 spiro atoms. The van der Waals surface area contributed by atoms with E-state index in [9.17, 15) is 17.6 Å². The van der Waals surface area contributed by atoms with Gasteiger partial charge in [0.1, 0.15) is 5.82 Å². The van der Waals surface area contributed by atoms with Crippen LogP contribution in [-0.2, 0) is 12.7 Å². The maximum absolute atomic E-state index is 13.0. The Morgan fingerprint density at radius 2 is 2.00 bits per heavy atom. The Bertz CT molecular complexity index is 470. The molecule has 0 saturated heterocycles. The van der Waals surface area contributed by atoms with Crippen molar-refractivity contribution in [3.63, 3.8) is 0 Å². The molecular formula is C16H21F4N. The molecule has 0 aromatic heterocycles. The summed E-state index contributed by atoms with van der Waals surface area (Å²) in [5, 5.41) is 3.21. The molecule has 21 heavy (non-hydrogen) atoms. The van der Waals surface area contributed by atoms with Crippen LogP contribution < -0.4 is 5.32 Å². The molecule has 1 nitrogen and oxygen atoms in total. The molecule has 118 valence electrons. The van der Waals surface area contributed by atoms with Crippen LogP contribution in [0.15, 0.2) is 18.2 Å². The van der Waals surface area contributed by atoms with Crippen molar-refractivity contribution < 1.29 is 17.6 Å². The van der Waals surface area contributed by atoms with Crippen LogP contribution in [0.4, 0.5) is 17.6 Å². The van der Waals surface area contributed by atoms with Crippen LogP contribution in [0.1, 0.15) is 50.2 Å². The van der Waals surface area contributed by atoms with E-state index in [-0.39, 0.29) is 18.2 Å². The average Bonchev–Trinajstić information content (AvgIpc) is 2.45. The highest BCUT2D eigenvalue weighted by molar-refractivity contribution is 5.30. The van der Waals surface area contributed by atoms with E-state index in [0.717, 1.165) is 31.7 Å². The summed E-state index contributed by atoms with van der Waals surface area (Å²) in [6, 6.07) is 3.15. The normalized spacial score (nSPS) is 23.3. The highest BCUT2D eigenvalue weighted by atomic mass is 19.4. The molecule has 2 unspecified atom stereocenters. The lowest BCUT2D eigenvalue weighted by Gasteiger charge is -2.29. The third kappa shape index (κ3) is 4.43. The van der Waals surface area contributed by atoms with E-state index in [1.807, 2.05) is 0 Å². The minimum atomic E-state index is -4.52. The molecular weight excluding hydrogens is 282 g/mol. The lowest BCUT2D eigenvalue weighted by Crippen LogP contribution is -2.34. The number of alkyl halides is 3. The summed E-state index contributed by atoms with van der Waals surface area (Å²) in [4.78, 5) is 0. The summed E-state index contributed by atoms with van der Waals surface area (Å²) in [7, 11) is 0.